The van der Waals surface area contributed by atoms with Crippen LogP contribution >= 0.6 is 0 Å². The van der Waals surface area contributed by atoms with E-state index >= 15 is 0 Å². The van der Waals surface area contributed by atoms with Crippen LogP contribution in [0.4, 0.5) is 0 Å². The molecule has 1 unspecified atom stereocenters. The van der Waals surface area contributed by atoms with E-state index < -0.39 is 0 Å². The maximum absolute atomic E-state index is 4.23. The van der Waals surface area contributed by atoms with Gasteiger partial charge in [0, 0.05) is 25.0 Å². The number of hydrogen-bond donors (Lipinski definition) is 2. The Morgan fingerprint density at radius 1 is 1.28 bits per heavy atom. The molecular formula is C14H20N4. The second-order valence-electron chi connectivity index (χ2n) is 4.64. The lowest BCUT2D eigenvalue weighted by atomic mass is 10.1. The van der Waals surface area contributed by atoms with Gasteiger partial charge in [-0.2, -0.15) is 0 Å². The van der Waals surface area contributed by atoms with E-state index in [1.54, 1.807) is 6.20 Å². The molecule has 2 N–H and O–H groups in total. The predicted molar refractivity (Wildman–Crippen MR) is 73.2 cm³/mol. The van der Waals surface area contributed by atoms with E-state index in [-0.39, 0.29) is 0 Å². The number of nitrogens with zero attached hydrogens (tertiary/aromatic N) is 2. The van der Waals surface area contributed by atoms with Gasteiger partial charge < -0.3 is 15.2 Å². The first-order valence-electron chi connectivity index (χ1n) is 6.17. The molecule has 1 heterocycles. The van der Waals surface area contributed by atoms with Crippen LogP contribution in [-0.2, 0) is 6.54 Å². The molecule has 0 saturated heterocycles. The van der Waals surface area contributed by atoms with Crippen molar-refractivity contribution in [2.24, 2.45) is 0 Å². The van der Waals surface area contributed by atoms with Crippen molar-refractivity contribution in [2.45, 2.75) is 12.6 Å². The number of benzene rings is 1. The molecule has 96 valence electrons. The van der Waals surface area contributed by atoms with E-state index in [0.29, 0.717) is 6.04 Å². The van der Waals surface area contributed by atoms with Gasteiger partial charge in [-0.25, -0.2) is 4.98 Å². The number of hydrogen-bond acceptors (Lipinski definition) is 3. The highest BCUT2D eigenvalue weighted by atomic mass is 15.1. The zero-order chi connectivity index (χ0) is 12.8. The highest BCUT2D eigenvalue weighted by Crippen LogP contribution is 2.13. The van der Waals surface area contributed by atoms with Crippen LogP contribution in [0, 0.1) is 0 Å². The number of likely N-dealkylation sites (N-methyl/N-ethyl adjacent to an activating group) is 1. The van der Waals surface area contributed by atoms with Crippen LogP contribution < -0.4 is 5.32 Å². The minimum atomic E-state index is 0.311. The molecule has 2 aromatic rings. The summed E-state index contributed by atoms with van der Waals surface area (Å²) >= 11 is 0. The molecular weight excluding hydrogens is 224 g/mol. The Kier molecular flexibility index (Phi) is 4.50. The first kappa shape index (κ1) is 12.8. The van der Waals surface area contributed by atoms with Gasteiger partial charge in [-0.15, -0.1) is 0 Å². The quantitative estimate of drug-likeness (QED) is 0.814. The van der Waals surface area contributed by atoms with Crippen molar-refractivity contribution in [3.8, 4) is 0 Å². The number of rotatable bonds is 6. The third kappa shape index (κ3) is 3.68. The van der Waals surface area contributed by atoms with Crippen LogP contribution in [-0.4, -0.2) is 35.5 Å². The number of H-pyrrole nitrogens is 1. The van der Waals surface area contributed by atoms with Gasteiger partial charge in [-0.1, -0.05) is 30.3 Å². The maximum atomic E-state index is 4.23. The van der Waals surface area contributed by atoms with Gasteiger partial charge in [0.25, 0.3) is 0 Å². The van der Waals surface area contributed by atoms with Crippen molar-refractivity contribution in [2.75, 3.05) is 20.6 Å². The van der Waals surface area contributed by atoms with Crippen molar-refractivity contribution in [1.29, 1.82) is 0 Å². The number of aromatic amines is 1. The summed E-state index contributed by atoms with van der Waals surface area (Å²) in [6.45, 7) is 1.71. The molecule has 4 heteroatoms. The largest absolute Gasteiger partial charge is 0.348 e. The van der Waals surface area contributed by atoms with Crippen LogP contribution in [0.5, 0.6) is 0 Å². The number of imidazole rings is 1. The van der Waals surface area contributed by atoms with E-state index in [2.05, 4.69) is 58.5 Å². The van der Waals surface area contributed by atoms with Gasteiger partial charge in [0.05, 0.1) is 6.54 Å². The minimum Gasteiger partial charge on any atom is -0.348 e. The molecule has 0 bridgehead atoms. The Morgan fingerprint density at radius 3 is 2.67 bits per heavy atom. The van der Waals surface area contributed by atoms with Crippen molar-refractivity contribution >= 4 is 0 Å². The van der Waals surface area contributed by atoms with Crippen LogP contribution in [0.2, 0.25) is 0 Å². The average molecular weight is 244 g/mol. The fourth-order valence-corrected chi connectivity index (χ4v) is 1.95. The highest BCUT2D eigenvalue weighted by Gasteiger charge is 2.11. The Hall–Kier alpha value is -1.65. The van der Waals surface area contributed by atoms with Crippen LogP contribution in [0.25, 0.3) is 0 Å². The molecule has 0 radical (unpaired) electrons. The maximum Gasteiger partial charge on any atom is 0.120 e. The van der Waals surface area contributed by atoms with Crippen LogP contribution in [0.1, 0.15) is 17.4 Å². The lowest BCUT2D eigenvalue weighted by molar-refractivity contribution is 0.339. The van der Waals surface area contributed by atoms with E-state index in [4.69, 9.17) is 0 Å². The Labute approximate surface area is 108 Å². The second-order valence-corrected chi connectivity index (χ2v) is 4.64. The van der Waals surface area contributed by atoms with Gasteiger partial charge in [-0.05, 0) is 19.7 Å². The monoisotopic (exact) mass is 244 g/mol. The molecule has 0 aliphatic heterocycles. The number of aromatic nitrogens is 2. The molecule has 4 nitrogen and oxygen atoms in total. The highest BCUT2D eigenvalue weighted by molar-refractivity contribution is 5.19. The first-order chi connectivity index (χ1) is 8.75. The molecule has 1 atom stereocenters. The molecule has 0 aliphatic carbocycles. The molecule has 0 fully saturated rings. The predicted octanol–water partition coefficient (Wildman–Crippen LogP) is 1.80. The lowest BCUT2D eigenvalue weighted by Gasteiger charge is -2.22. The second kappa shape index (κ2) is 6.33. The topological polar surface area (TPSA) is 44.0 Å². The Balaban J connectivity index is 2.01. The van der Waals surface area contributed by atoms with E-state index in [0.717, 1.165) is 18.9 Å². The van der Waals surface area contributed by atoms with Crippen LogP contribution in [0.3, 0.4) is 0 Å². The normalized spacial score (nSPS) is 12.8. The van der Waals surface area contributed by atoms with E-state index in [1.807, 2.05) is 12.3 Å². The van der Waals surface area contributed by atoms with Gasteiger partial charge in [0.15, 0.2) is 0 Å². The third-order valence-corrected chi connectivity index (χ3v) is 2.82. The molecule has 1 aromatic heterocycles. The Bertz CT molecular complexity index is 436. The summed E-state index contributed by atoms with van der Waals surface area (Å²) in [6, 6.07) is 10.8. The van der Waals surface area contributed by atoms with Crippen molar-refractivity contribution in [3.63, 3.8) is 0 Å². The minimum absolute atomic E-state index is 0.311. The Morgan fingerprint density at radius 2 is 2.06 bits per heavy atom. The summed E-state index contributed by atoms with van der Waals surface area (Å²) in [7, 11) is 4.18. The summed E-state index contributed by atoms with van der Waals surface area (Å²) < 4.78 is 0. The molecule has 0 amide bonds. The lowest BCUT2D eigenvalue weighted by Crippen LogP contribution is -2.31. The molecule has 0 aliphatic rings. The van der Waals surface area contributed by atoms with Crippen molar-refractivity contribution < 1.29 is 0 Å². The summed E-state index contributed by atoms with van der Waals surface area (Å²) in [5.41, 5.74) is 1.30. The summed E-state index contributed by atoms with van der Waals surface area (Å²) in [5.74, 6) is 0.967. The molecule has 18 heavy (non-hydrogen) atoms. The van der Waals surface area contributed by atoms with Crippen molar-refractivity contribution in [1.82, 2.24) is 20.2 Å². The molecule has 0 spiro atoms. The van der Waals surface area contributed by atoms with Crippen LogP contribution in [0.15, 0.2) is 42.7 Å². The van der Waals surface area contributed by atoms with Gasteiger partial charge in [0.2, 0.25) is 0 Å². The van der Waals surface area contributed by atoms with Gasteiger partial charge in [0.1, 0.15) is 5.82 Å². The fraction of sp³-hybridized carbons (Fsp3) is 0.357. The van der Waals surface area contributed by atoms with E-state index in [9.17, 15) is 0 Å². The zero-order valence-electron chi connectivity index (χ0n) is 10.9. The standard InChI is InChI=1S/C14H20N4/c1-18(2)11-13(12-6-4-3-5-7-12)17-10-14-15-8-9-16-14/h3-9,13,17H,10-11H2,1-2H3,(H,15,16). The van der Waals surface area contributed by atoms with Gasteiger partial charge >= 0.3 is 0 Å². The van der Waals surface area contributed by atoms with E-state index in [1.165, 1.54) is 5.56 Å². The number of nitrogens with one attached hydrogen (secondary N) is 2. The zero-order valence-corrected chi connectivity index (χ0v) is 10.9. The smallest absolute Gasteiger partial charge is 0.120 e. The van der Waals surface area contributed by atoms with Gasteiger partial charge in [-0.3, -0.25) is 0 Å². The summed E-state index contributed by atoms with van der Waals surface area (Å²) in [5, 5.41) is 3.53. The third-order valence-electron chi connectivity index (χ3n) is 2.82. The molecule has 0 saturated carbocycles. The first-order valence-corrected chi connectivity index (χ1v) is 6.17. The molecule has 1 aromatic carbocycles. The summed E-state index contributed by atoms with van der Waals surface area (Å²) in [4.78, 5) is 9.53. The SMILES string of the molecule is CN(C)CC(NCc1ncc[nH]1)c1ccccc1. The van der Waals surface area contributed by atoms with Crippen molar-refractivity contribution in [3.05, 3.63) is 54.1 Å². The molecule has 2 rings (SSSR count). The average Bonchev–Trinajstić information content (AvgIpc) is 2.88. The fourth-order valence-electron chi connectivity index (χ4n) is 1.95. The summed E-state index contributed by atoms with van der Waals surface area (Å²) in [6.07, 6.45) is 3.63.